The summed E-state index contributed by atoms with van der Waals surface area (Å²) in [6, 6.07) is 9.46. The maximum absolute atomic E-state index is 3.24. The third kappa shape index (κ3) is 1.63. The molecule has 1 fully saturated rings. The lowest BCUT2D eigenvalue weighted by Crippen LogP contribution is -2.23. The van der Waals surface area contributed by atoms with Gasteiger partial charge in [0.1, 0.15) is 0 Å². The number of likely N-dealkylation sites (tertiary alicyclic amines) is 1. The van der Waals surface area contributed by atoms with Gasteiger partial charge in [0, 0.05) is 17.8 Å². The Morgan fingerprint density at radius 2 is 2.00 bits per heavy atom. The van der Waals surface area contributed by atoms with Crippen molar-refractivity contribution in [3.63, 3.8) is 0 Å². The molecule has 0 spiro atoms. The number of nitrogens with one attached hydrogen (secondary N) is 1. The van der Waals surface area contributed by atoms with Crippen LogP contribution in [0.5, 0.6) is 0 Å². The molecule has 1 atom stereocenters. The molecule has 1 aromatic heterocycles. The predicted molar refractivity (Wildman–Crippen MR) is 67.5 cm³/mol. The summed E-state index contributed by atoms with van der Waals surface area (Å²) >= 11 is 0. The molecular formula is C14H18N2. The summed E-state index contributed by atoms with van der Waals surface area (Å²) in [5.41, 5.74) is 2.67. The molecule has 1 aliphatic rings. The Kier molecular flexibility index (Phi) is 2.44. The van der Waals surface area contributed by atoms with Gasteiger partial charge in [0.25, 0.3) is 0 Å². The summed E-state index contributed by atoms with van der Waals surface area (Å²) in [5.74, 6) is 0. The number of hydrogen-bond donors (Lipinski definition) is 1. The SMILES string of the molecule is CC(c1ccc2[nH]ccc2c1)N1CCCC1. The van der Waals surface area contributed by atoms with Gasteiger partial charge in [-0.25, -0.2) is 0 Å². The highest BCUT2D eigenvalue weighted by atomic mass is 15.2. The van der Waals surface area contributed by atoms with Crippen LogP contribution in [0.3, 0.4) is 0 Å². The summed E-state index contributed by atoms with van der Waals surface area (Å²) in [6.07, 6.45) is 4.72. The number of benzene rings is 1. The van der Waals surface area contributed by atoms with Crippen molar-refractivity contribution in [3.8, 4) is 0 Å². The van der Waals surface area contributed by atoms with Crippen molar-refractivity contribution < 1.29 is 0 Å². The Hall–Kier alpha value is -1.28. The van der Waals surface area contributed by atoms with Crippen molar-refractivity contribution in [1.29, 1.82) is 0 Å². The van der Waals surface area contributed by atoms with Gasteiger partial charge in [0.05, 0.1) is 0 Å². The van der Waals surface area contributed by atoms with E-state index in [2.05, 4.69) is 41.1 Å². The molecule has 2 aromatic rings. The molecule has 84 valence electrons. The van der Waals surface area contributed by atoms with Crippen LogP contribution in [0.15, 0.2) is 30.5 Å². The van der Waals surface area contributed by atoms with Crippen molar-refractivity contribution in [2.45, 2.75) is 25.8 Å². The van der Waals surface area contributed by atoms with Gasteiger partial charge in [-0.3, -0.25) is 4.90 Å². The van der Waals surface area contributed by atoms with Gasteiger partial charge in [-0.15, -0.1) is 0 Å². The molecule has 1 unspecified atom stereocenters. The third-order valence-corrected chi connectivity index (χ3v) is 3.75. The van der Waals surface area contributed by atoms with Gasteiger partial charge in [-0.2, -0.15) is 0 Å². The van der Waals surface area contributed by atoms with Gasteiger partial charge < -0.3 is 4.98 Å². The lowest BCUT2D eigenvalue weighted by atomic mass is 10.1. The molecule has 2 nitrogen and oxygen atoms in total. The molecule has 1 saturated heterocycles. The van der Waals surface area contributed by atoms with Crippen LogP contribution in [0, 0.1) is 0 Å². The van der Waals surface area contributed by atoms with E-state index in [1.165, 1.54) is 42.4 Å². The highest BCUT2D eigenvalue weighted by molar-refractivity contribution is 5.80. The average molecular weight is 214 g/mol. The van der Waals surface area contributed by atoms with E-state index < -0.39 is 0 Å². The fourth-order valence-electron chi connectivity index (χ4n) is 2.67. The molecule has 2 heterocycles. The second-order valence-corrected chi connectivity index (χ2v) is 4.74. The molecule has 1 aliphatic heterocycles. The largest absolute Gasteiger partial charge is 0.361 e. The van der Waals surface area contributed by atoms with Crippen molar-refractivity contribution >= 4 is 10.9 Å². The van der Waals surface area contributed by atoms with Crippen molar-refractivity contribution in [3.05, 3.63) is 36.0 Å². The lowest BCUT2D eigenvalue weighted by Gasteiger charge is -2.24. The highest BCUT2D eigenvalue weighted by Gasteiger charge is 2.19. The zero-order chi connectivity index (χ0) is 11.0. The Labute approximate surface area is 96.3 Å². The fraction of sp³-hybridized carbons (Fsp3) is 0.429. The Bertz CT molecular complexity index is 480. The molecule has 0 saturated carbocycles. The number of nitrogens with zero attached hydrogens (tertiary/aromatic N) is 1. The Balaban J connectivity index is 1.91. The van der Waals surface area contributed by atoms with Crippen LogP contribution in [0.1, 0.15) is 31.4 Å². The number of aromatic amines is 1. The van der Waals surface area contributed by atoms with Crippen LogP contribution in [0.4, 0.5) is 0 Å². The van der Waals surface area contributed by atoms with Crippen LogP contribution >= 0.6 is 0 Å². The fourth-order valence-corrected chi connectivity index (χ4v) is 2.67. The molecule has 2 heteroatoms. The van der Waals surface area contributed by atoms with E-state index in [9.17, 15) is 0 Å². The predicted octanol–water partition coefficient (Wildman–Crippen LogP) is 3.32. The second-order valence-electron chi connectivity index (χ2n) is 4.74. The first-order chi connectivity index (χ1) is 7.84. The standard InChI is InChI=1S/C14H18N2/c1-11(16-8-2-3-9-16)12-4-5-14-13(10-12)6-7-15-14/h4-7,10-11,15H,2-3,8-9H2,1H3. The van der Waals surface area contributed by atoms with Gasteiger partial charge in [-0.05, 0) is 62.0 Å². The smallest absolute Gasteiger partial charge is 0.0454 e. The van der Waals surface area contributed by atoms with E-state index in [0.29, 0.717) is 6.04 Å². The number of hydrogen-bond acceptors (Lipinski definition) is 1. The minimum absolute atomic E-state index is 0.557. The zero-order valence-corrected chi connectivity index (χ0v) is 9.74. The molecular weight excluding hydrogens is 196 g/mol. The maximum atomic E-state index is 3.24. The zero-order valence-electron chi connectivity index (χ0n) is 9.74. The molecule has 16 heavy (non-hydrogen) atoms. The molecule has 1 N–H and O–H groups in total. The van der Waals surface area contributed by atoms with Crippen molar-refractivity contribution in [1.82, 2.24) is 9.88 Å². The van der Waals surface area contributed by atoms with Crippen LogP contribution in [-0.4, -0.2) is 23.0 Å². The van der Waals surface area contributed by atoms with Crippen molar-refractivity contribution in [2.24, 2.45) is 0 Å². The lowest BCUT2D eigenvalue weighted by molar-refractivity contribution is 0.263. The van der Waals surface area contributed by atoms with E-state index in [-0.39, 0.29) is 0 Å². The topological polar surface area (TPSA) is 19.0 Å². The first-order valence-electron chi connectivity index (χ1n) is 6.16. The summed E-state index contributed by atoms with van der Waals surface area (Å²) in [6.45, 7) is 4.83. The van der Waals surface area contributed by atoms with E-state index in [1.807, 2.05) is 6.20 Å². The molecule has 0 aliphatic carbocycles. The van der Waals surface area contributed by atoms with E-state index >= 15 is 0 Å². The van der Waals surface area contributed by atoms with E-state index in [0.717, 1.165) is 0 Å². The minimum Gasteiger partial charge on any atom is -0.361 e. The van der Waals surface area contributed by atoms with Gasteiger partial charge in [0.15, 0.2) is 0 Å². The molecule has 0 amide bonds. The van der Waals surface area contributed by atoms with Crippen LogP contribution < -0.4 is 0 Å². The third-order valence-electron chi connectivity index (χ3n) is 3.75. The van der Waals surface area contributed by atoms with Gasteiger partial charge in [0.2, 0.25) is 0 Å². The van der Waals surface area contributed by atoms with Crippen LogP contribution in [0.25, 0.3) is 10.9 Å². The summed E-state index contributed by atoms with van der Waals surface area (Å²) in [5, 5.41) is 1.32. The van der Waals surface area contributed by atoms with Crippen molar-refractivity contribution in [2.75, 3.05) is 13.1 Å². The summed E-state index contributed by atoms with van der Waals surface area (Å²) in [7, 11) is 0. The number of rotatable bonds is 2. The van der Waals surface area contributed by atoms with Crippen LogP contribution in [0.2, 0.25) is 0 Å². The second kappa shape index (κ2) is 3.95. The molecule has 0 radical (unpaired) electrons. The Morgan fingerprint density at radius 1 is 1.19 bits per heavy atom. The summed E-state index contributed by atoms with van der Waals surface area (Å²) in [4.78, 5) is 5.82. The first kappa shape index (κ1) is 9.91. The molecule has 3 rings (SSSR count). The average Bonchev–Trinajstić information content (AvgIpc) is 2.98. The molecule has 0 bridgehead atoms. The first-order valence-corrected chi connectivity index (χ1v) is 6.16. The normalized spacial score (nSPS) is 19.3. The minimum atomic E-state index is 0.557. The van der Waals surface area contributed by atoms with Gasteiger partial charge in [-0.1, -0.05) is 6.07 Å². The maximum Gasteiger partial charge on any atom is 0.0454 e. The highest BCUT2D eigenvalue weighted by Crippen LogP contribution is 2.26. The quantitative estimate of drug-likeness (QED) is 0.812. The van der Waals surface area contributed by atoms with Gasteiger partial charge >= 0.3 is 0 Å². The molecule has 1 aromatic carbocycles. The monoisotopic (exact) mass is 214 g/mol. The Morgan fingerprint density at radius 3 is 2.81 bits per heavy atom. The summed E-state index contributed by atoms with van der Waals surface area (Å²) < 4.78 is 0. The number of aromatic nitrogens is 1. The van der Waals surface area contributed by atoms with E-state index in [1.54, 1.807) is 0 Å². The van der Waals surface area contributed by atoms with Crippen LogP contribution in [-0.2, 0) is 0 Å². The number of H-pyrrole nitrogens is 1. The van der Waals surface area contributed by atoms with E-state index in [4.69, 9.17) is 0 Å². The number of fused-ring (bicyclic) bond motifs is 1.